The number of carbonyl (C=O) groups excluding carboxylic acids is 1. The van der Waals surface area contributed by atoms with E-state index in [4.69, 9.17) is 4.74 Å². The number of rotatable bonds is 4. The number of aromatic amines is 1. The fraction of sp³-hybridized carbons (Fsp3) is 0.286. The quantitative estimate of drug-likeness (QED) is 0.900. The number of aryl methyl sites for hydroxylation is 3. The van der Waals surface area contributed by atoms with Crippen LogP contribution in [0.2, 0.25) is 0 Å². The van der Waals surface area contributed by atoms with Crippen LogP contribution in [-0.2, 0) is 4.79 Å². The first kappa shape index (κ1) is 14.6. The van der Waals surface area contributed by atoms with Gasteiger partial charge in [-0.25, -0.2) is 0 Å². The largest absolute Gasteiger partial charge is 0.483 e. The molecule has 106 valence electrons. The van der Waals surface area contributed by atoms with Gasteiger partial charge in [0.05, 0.1) is 21.5 Å². The summed E-state index contributed by atoms with van der Waals surface area (Å²) in [5, 5.41) is 9.63. The van der Waals surface area contributed by atoms with Crippen LogP contribution in [0.5, 0.6) is 5.75 Å². The zero-order valence-corrected chi connectivity index (χ0v) is 13.2. The van der Waals surface area contributed by atoms with Gasteiger partial charge < -0.3 is 10.1 Å². The molecule has 2 rings (SSSR count). The van der Waals surface area contributed by atoms with Crippen molar-refractivity contribution in [1.82, 2.24) is 10.2 Å². The van der Waals surface area contributed by atoms with Crippen LogP contribution in [0.1, 0.15) is 17.0 Å². The summed E-state index contributed by atoms with van der Waals surface area (Å²) in [5.41, 5.74) is 3.42. The number of hydrogen-bond donors (Lipinski definition) is 2. The molecule has 1 heterocycles. The maximum atomic E-state index is 11.9. The van der Waals surface area contributed by atoms with Crippen molar-refractivity contribution in [2.75, 3.05) is 11.9 Å². The third-order valence-electron chi connectivity index (χ3n) is 2.84. The molecule has 2 N–H and O–H groups in total. The number of nitrogens with zero attached hydrogens (tertiary/aromatic N) is 1. The average molecular weight is 338 g/mol. The van der Waals surface area contributed by atoms with Gasteiger partial charge in [0, 0.05) is 0 Å². The van der Waals surface area contributed by atoms with Crippen LogP contribution in [0.4, 0.5) is 5.69 Å². The number of ether oxygens (including phenoxy) is 1. The second-order valence-corrected chi connectivity index (χ2v) is 5.43. The van der Waals surface area contributed by atoms with E-state index in [0.717, 1.165) is 21.4 Å². The van der Waals surface area contributed by atoms with Crippen molar-refractivity contribution in [2.45, 2.75) is 20.8 Å². The normalized spacial score (nSPS) is 10.4. The number of anilines is 1. The van der Waals surface area contributed by atoms with Crippen LogP contribution >= 0.6 is 15.9 Å². The summed E-state index contributed by atoms with van der Waals surface area (Å²) in [5.74, 6) is 0.427. The minimum Gasteiger partial charge on any atom is -0.483 e. The molecular weight excluding hydrogens is 322 g/mol. The Bertz CT molecular complexity index is 618. The third-order valence-corrected chi connectivity index (χ3v) is 3.46. The lowest BCUT2D eigenvalue weighted by atomic mass is 10.2. The molecule has 0 unspecified atom stereocenters. The van der Waals surface area contributed by atoms with E-state index in [9.17, 15) is 4.79 Å². The lowest BCUT2D eigenvalue weighted by Crippen LogP contribution is -2.20. The minimum absolute atomic E-state index is 0.0499. The Morgan fingerprint density at radius 2 is 2.15 bits per heavy atom. The van der Waals surface area contributed by atoms with Gasteiger partial charge in [0.25, 0.3) is 5.91 Å². The van der Waals surface area contributed by atoms with E-state index in [0.29, 0.717) is 11.4 Å². The third kappa shape index (κ3) is 3.39. The zero-order valence-electron chi connectivity index (χ0n) is 11.6. The van der Waals surface area contributed by atoms with Crippen LogP contribution in [0.15, 0.2) is 22.7 Å². The van der Waals surface area contributed by atoms with Gasteiger partial charge in [0.1, 0.15) is 5.75 Å². The maximum absolute atomic E-state index is 11.9. The van der Waals surface area contributed by atoms with E-state index in [2.05, 4.69) is 31.4 Å². The number of hydrogen-bond acceptors (Lipinski definition) is 3. The lowest BCUT2D eigenvalue weighted by Gasteiger charge is -2.09. The summed E-state index contributed by atoms with van der Waals surface area (Å²) >= 11 is 3.41. The molecule has 20 heavy (non-hydrogen) atoms. The fourth-order valence-corrected chi connectivity index (χ4v) is 2.38. The number of halogens is 1. The van der Waals surface area contributed by atoms with Crippen molar-refractivity contribution < 1.29 is 9.53 Å². The molecule has 0 aliphatic heterocycles. The molecule has 5 nitrogen and oxygen atoms in total. The van der Waals surface area contributed by atoms with E-state index >= 15 is 0 Å². The summed E-state index contributed by atoms with van der Waals surface area (Å²) in [6.07, 6.45) is 0. The maximum Gasteiger partial charge on any atom is 0.262 e. The number of nitrogens with one attached hydrogen (secondary N) is 2. The summed E-state index contributed by atoms with van der Waals surface area (Å²) in [4.78, 5) is 11.9. The predicted octanol–water partition coefficient (Wildman–Crippen LogP) is 3.11. The second-order valence-electron chi connectivity index (χ2n) is 4.58. The van der Waals surface area contributed by atoms with Gasteiger partial charge in [-0.15, -0.1) is 0 Å². The van der Waals surface area contributed by atoms with Gasteiger partial charge in [0.2, 0.25) is 0 Å². The smallest absolute Gasteiger partial charge is 0.262 e. The predicted molar refractivity (Wildman–Crippen MR) is 81.1 cm³/mol. The van der Waals surface area contributed by atoms with Crippen molar-refractivity contribution in [3.8, 4) is 5.75 Å². The molecule has 1 aromatic heterocycles. The van der Waals surface area contributed by atoms with E-state index in [1.807, 2.05) is 39.0 Å². The Morgan fingerprint density at radius 1 is 1.40 bits per heavy atom. The summed E-state index contributed by atoms with van der Waals surface area (Å²) in [7, 11) is 0. The van der Waals surface area contributed by atoms with Gasteiger partial charge in [-0.2, -0.15) is 5.10 Å². The molecule has 0 atom stereocenters. The Labute approximate surface area is 125 Å². The summed E-state index contributed by atoms with van der Waals surface area (Å²) in [6.45, 7) is 5.63. The highest BCUT2D eigenvalue weighted by Crippen LogP contribution is 2.25. The Hall–Kier alpha value is -1.82. The monoisotopic (exact) mass is 337 g/mol. The summed E-state index contributed by atoms with van der Waals surface area (Å²) in [6, 6.07) is 5.71. The molecule has 0 aliphatic rings. The Morgan fingerprint density at radius 3 is 2.75 bits per heavy atom. The zero-order chi connectivity index (χ0) is 14.7. The molecule has 0 radical (unpaired) electrons. The van der Waals surface area contributed by atoms with Gasteiger partial charge in [0.15, 0.2) is 6.61 Å². The van der Waals surface area contributed by atoms with Crippen LogP contribution < -0.4 is 10.1 Å². The van der Waals surface area contributed by atoms with Crippen LogP contribution in [0.25, 0.3) is 0 Å². The highest BCUT2D eigenvalue weighted by molar-refractivity contribution is 9.10. The number of carbonyl (C=O) groups is 1. The SMILES string of the molecule is Cc1ccc(OCC(=O)Nc2c(C)n[nH]c2C)c(Br)c1. The molecule has 1 amide bonds. The van der Waals surface area contributed by atoms with E-state index in [1.54, 1.807) is 0 Å². The molecular formula is C14H16BrN3O2. The highest BCUT2D eigenvalue weighted by Gasteiger charge is 2.11. The van der Waals surface area contributed by atoms with Crippen molar-refractivity contribution in [2.24, 2.45) is 0 Å². The Kier molecular flexibility index (Phi) is 4.44. The van der Waals surface area contributed by atoms with Crippen LogP contribution in [0, 0.1) is 20.8 Å². The topological polar surface area (TPSA) is 67.0 Å². The minimum atomic E-state index is -0.218. The molecule has 0 bridgehead atoms. The molecule has 6 heteroatoms. The average Bonchev–Trinajstić information content (AvgIpc) is 2.69. The standard InChI is InChI=1S/C14H16BrN3O2/c1-8-4-5-12(11(15)6-8)20-7-13(19)16-14-9(2)17-18-10(14)3/h4-6H,7H2,1-3H3,(H,16,19)(H,17,18). The van der Waals surface area contributed by atoms with Gasteiger partial charge in [-0.3, -0.25) is 9.89 Å². The van der Waals surface area contributed by atoms with E-state index in [-0.39, 0.29) is 12.5 Å². The van der Waals surface area contributed by atoms with Gasteiger partial charge >= 0.3 is 0 Å². The van der Waals surface area contributed by atoms with Crippen molar-refractivity contribution >= 4 is 27.5 Å². The first-order valence-electron chi connectivity index (χ1n) is 6.17. The molecule has 0 saturated heterocycles. The van der Waals surface area contributed by atoms with E-state index < -0.39 is 0 Å². The molecule has 0 saturated carbocycles. The van der Waals surface area contributed by atoms with Crippen molar-refractivity contribution in [3.63, 3.8) is 0 Å². The first-order valence-corrected chi connectivity index (χ1v) is 6.97. The molecule has 0 aliphatic carbocycles. The van der Waals surface area contributed by atoms with Crippen LogP contribution in [0.3, 0.4) is 0 Å². The fourth-order valence-electron chi connectivity index (χ4n) is 1.78. The number of benzene rings is 1. The molecule has 0 fully saturated rings. The highest BCUT2D eigenvalue weighted by atomic mass is 79.9. The number of aromatic nitrogens is 2. The van der Waals surface area contributed by atoms with Crippen molar-refractivity contribution in [1.29, 1.82) is 0 Å². The second kappa shape index (κ2) is 6.09. The summed E-state index contributed by atoms with van der Waals surface area (Å²) < 4.78 is 6.33. The Balaban J connectivity index is 1.96. The number of amides is 1. The first-order chi connectivity index (χ1) is 9.47. The molecule has 0 spiro atoms. The van der Waals surface area contributed by atoms with Crippen molar-refractivity contribution in [3.05, 3.63) is 39.6 Å². The lowest BCUT2D eigenvalue weighted by molar-refractivity contribution is -0.118. The molecule has 1 aromatic carbocycles. The van der Waals surface area contributed by atoms with Gasteiger partial charge in [-0.05, 0) is 54.4 Å². The molecule has 2 aromatic rings. The van der Waals surface area contributed by atoms with Crippen LogP contribution in [-0.4, -0.2) is 22.7 Å². The van der Waals surface area contributed by atoms with Gasteiger partial charge in [-0.1, -0.05) is 6.07 Å². The van der Waals surface area contributed by atoms with E-state index in [1.165, 1.54) is 0 Å². The number of H-pyrrole nitrogens is 1.